The summed E-state index contributed by atoms with van der Waals surface area (Å²) >= 11 is 7.57. The second kappa shape index (κ2) is 8.92. The highest BCUT2D eigenvalue weighted by Crippen LogP contribution is 2.24. The highest BCUT2D eigenvalue weighted by atomic mass is 35.5. The van der Waals surface area contributed by atoms with Gasteiger partial charge in [-0.25, -0.2) is 4.79 Å². The Morgan fingerprint density at radius 1 is 1.20 bits per heavy atom. The molecule has 1 atom stereocenters. The number of amides is 1. The minimum absolute atomic E-state index is 0.263. The Balaban J connectivity index is 2.01. The second-order valence-corrected chi connectivity index (χ2v) is 6.86. The van der Waals surface area contributed by atoms with Crippen molar-refractivity contribution in [3.05, 3.63) is 64.7 Å². The van der Waals surface area contributed by atoms with Crippen LogP contribution in [0.5, 0.6) is 0 Å². The van der Waals surface area contributed by atoms with Gasteiger partial charge in [-0.1, -0.05) is 41.9 Å². The largest absolute Gasteiger partial charge is 0.449 e. The van der Waals surface area contributed by atoms with E-state index in [9.17, 15) is 9.59 Å². The molecule has 0 saturated carbocycles. The van der Waals surface area contributed by atoms with Gasteiger partial charge in [-0.2, -0.15) is 0 Å². The zero-order chi connectivity index (χ0) is 18.4. The molecular formula is C19H20ClNO3S. The van der Waals surface area contributed by atoms with E-state index in [4.69, 9.17) is 16.3 Å². The van der Waals surface area contributed by atoms with E-state index in [2.05, 4.69) is 0 Å². The number of thioether (sulfide) groups is 1. The van der Waals surface area contributed by atoms with Gasteiger partial charge < -0.3 is 9.64 Å². The predicted octanol–water partition coefficient (Wildman–Crippen LogP) is 4.27. The van der Waals surface area contributed by atoms with Crippen LogP contribution >= 0.6 is 23.4 Å². The van der Waals surface area contributed by atoms with Gasteiger partial charge in [-0.3, -0.25) is 4.79 Å². The molecule has 0 saturated heterocycles. The van der Waals surface area contributed by atoms with Crippen molar-refractivity contribution < 1.29 is 14.3 Å². The Morgan fingerprint density at radius 3 is 2.52 bits per heavy atom. The van der Waals surface area contributed by atoms with E-state index in [1.807, 2.05) is 42.7 Å². The van der Waals surface area contributed by atoms with E-state index in [1.165, 1.54) is 16.7 Å². The van der Waals surface area contributed by atoms with Crippen LogP contribution < -0.4 is 0 Å². The van der Waals surface area contributed by atoms with E-state index < -0.39 is 12.1 Å². The number of ether oxygens (including phenoxy) is 1. The molecule has 0 bridgehead atoms. The Bertz CT molecular complexity index is 752. The molecule has 0 aliphatic carbocycles. The Hall–Kier alpha value is -1.98. The molecule has 0 aliphatic heterocycles. The zero-order valence-corrected chi connectivity index (χ0v) is 15.9. The Morgan fingerprint density at radius 2 is 1.88 bits per heavy atom. The molecule has 1 amide bonds. The van der Waals surface area contributed by atoms with E-state index in [-0.39, 0.29) is 11.5 Å². The summed E-state index contributed by atoms with van der Waals surface area (Å²) in [6.45, 7) is 2.01. The van der Waals surface area contributed by atoms with Gasteiger partial charge >= 0.3 is 5.97 Å². The fraction of sp³-hybridized carbons (Fsp3) is 0.263. The lowest BCUT2D eigenvalue weighted by molar-refractivity contribution is -0.139. The number of nitrogens with zero attached hydrogens (tertiary/aromatic N) is 1. The van der Waals surface area contributed by atoms with E-state index in [0.29, 0.717) is 11.6 Å². The Kier molecular flexibility index (Phi) is 6.91. The molecule has 2 rings (SSSR count). The molecular weight excluding hydrogens is 358 g/mol. The molecule has 0 aliphatic rings. The van der Waals surface area contributed by atoms with Crippen molar-refractivity contribution in [2.75, 3.05) is 13.3 Å². The van der Waals surface area contributed by atoms with E-state index in [0.717, 1.165) is 10.5 Å². The van der Waals surface area contributed by atoms with Crippen molar-refractivity contribution in [1.82, 2.24) is 4.90 Å². The van der Waals surface area contributed by atoms with Gasteiger partial charge in [0.1, 0.15) is 0 Å². The first kappa shape index (κ1) is 19.3. The normalized spacial score (nSPS) is 11.7. The maximum Gasteiger partial charge on any atom is 0.340 e. The van der Waals surface area contributed by atoms with Gasteiger partial charge in [0.05, 0.1) is 10.6 Å². The number of likely N-dealkylation sites (N-methyl/N-ethyl adjacent to an activating group) is 1. The molecule has 0 fully saturated rings. The van der Waals surface area contributed by atoms with Crippen LogP contribution in [0.4, 0.5) is 0 Å². The average molecular weight is 378 g/mol. The van der Waals surface area contributed by atoms with Crippen molar-refractivity contribution in [2.45, 2.75) is 24.5 Å². The van der Waals surface area contributed by atoms with Gasteiger partial charge in [0.2, 0.25) is 0 Å². The third kappa shape index (κ3) is 5.25. The molecule has 0 heterocycles. The molecule has 6 heteroatoms. The van der Waals surface area contributed by atoms with Crippen molar-refractivity contribution in [2.24, 2.45) is 0 Å². The number of carbonyl (C=O) groups is 2. The van der Waals surface area contributed by atoms with Crippen LogP contribution in [0.25, 0.3) is 0 Å². The summed E-state index contributed by atoms with van der Waals surface area (Å²) in [4.78, 5) is 27.2. The van der Waals surface area contributed by atoms with Gasteiger partial charge in [0.15, 0.2) is 6.10 Å². The first-order valence-electron chi connectivity index (χ1n) is 7.75. The summed E-state index contributed by atoms with van der Waals surface area (Å²) in [5.41, 5.74) is 1.27. The number of benzene rings is 2. The third-order valence-electron chi connectivity index (χ3n) is 3.66. The zero-order valence-electron chi connectivity index (χ0n) is 14.4. The minimum atomic E-state index is -0.893. The minimum Gasteiger partial charge on any atom is -0.449 e. The van der Waals surface area contributed by atoms with Crippen LogP contribution in [-0.4, -0.2) is 36.2 Å². The maximum absolute atomic E-state index is 12.4. The van der Waals surface area contributed by atoms with Crippen LogP contribution in [0.1, 0.15) is 22.8 Å². The fourth-order valence-corrected chi connectivity index (χ4v) is 2.94. The number of rotatable bonds is 6. The lowest BCUT2D eigenvalue weighted by Crippen LogP contribution is -2.37. The van der Waals surface area contributed by atoms with Gasteiger partial charge in [-0.05, 0) is 36.9 Å². The molecule has 0 N–H and O–H groups in total. The lowest BCUT2D eigenvalue weighted by Gasteiger charge is -2.21. The van der Waals surface area contributed by atoms with Crippen molar-refractivity contribution >= 4 is 35.2 Å². The highest BCUT2D eigenvalue weighted by Gasteiger charge is 2.23. The standard InChI is InChI=1S/C19H20ClNO3S/c1-13(18(22)21(2)12-14-7-5-4-6-8-14)24-19(23)16-11-15(25-3)9-10-17(16)20/h4-11,13H,12H2,1-3H3/t13-/m1/s1. The molecule has 0 radical (unpaired) electrons. The number of hydrogen-bond donors (Lipinski definition) is 0. The number of carbonyl (C=O) groups excluding carboxylic acids is 2. The monoisotopic (exact) mass is 377 g/mol. The molecule has 25 heavy (non-hydrogen) atoms. The summed E-state index contributed by atoms with van der Waals surface area (Å²) in [5, 5.41) is 0.306. The summed E-state index contributed by atoms with van der Waals surface area (Å²) < 4.78 is 5.31. The lowest BCUT2D eigenvalue weighted by atomic mass is 10.2. The first-order chi connectivity index (χ1) is 11.9. The van der Waals surface area contributed by atoms with Crippen molar-refractivity contribution in [1.29, 1.82) is 0 Å². The second-order valence-electron chi connectivity index (χ2n) is 5.57. The van der Waals surface area contributed by atoms with Gasteiger partial charge in [-0.15, -0.1) is 11.8 Å². The molecule has 0 aromatic heterocycles. The number of hydrogen-bond acceptors (Lipinski definition) is 4. The third-order valence-corrected chi connectivity index (χ3v) is 4.72. The molecule has 0 spiro atoms. The summed E-state index contributed by atoms with van der Waals surface area (Å²) in [7, 11) is 1.68. The molecule has 2 aromatic carbocycles. The van der Waals surface area contributed by atoms with Crippen LogP contribution in [0.2, 0.25) is 5.02 Å². The average Bonchev–Trinajstić information content (AvgIpc) is 2.62. The van der Waals surface area contributed by atoms with Crippen LogP contribution in [0.3, 0.4) is 0 Å². The van der Waals surface area contributed by atoms with Gasteiger partial charge in [0, 0.05) is 18.5 Å². The summed E-state index contributed by atoms with van der Waals surface area (Å²) in [6, 6.07) is 14.8. The quantitative estimate of drug-likeness (QED) is 0.557. The molecule has 4 nitrogen and oxygen atoms in total. The molecule has 2 aromatic rings. The number of esters is 1. The topological polar surface area (TPSA) is 46.6 Å². The number of halogens is 1. The van der Waals surface area contributed by atoms with Crippen LogP contribution in [0, 0.1) is 0 Å². The molecule has 132 valence electrons. The first-order valence-corrected chi connectivity index (χ1v) is 9.36. The van der Waals surface area contributed by atoms with Gasteiger partial charge in [0.25, 0.3) is 5.91 Å². The highest BCUT2D eigenvalue weighted by molar-refractivity contribution is 7.98. The van der Waals surface area contributed by atoms with Crippen LogP contribution in [0.15, 0.2) is 53.4 Å². The Labute approximate surface area is 157 Å². The fourth-order valence-electron chi connectivity index (χ4n) is 2.31. The van der Waals surface area contributed by atoms with E-state index >= 15 is 0 Å². The SMILES string of the molecule is CSc1ccc(Cl)c(C(=O)O[C@H](C)C(=O)N(C)Cc2ccccc2)c1. The van der Waals surface area contributed by atoms with Crippen molar-refractivity contribution in [3.63, 3.8) is 0 Å². The summed E-state index contributed by atoms with van der Waals surface area (Å²) in [6.07, 6.45) is 1.01. The molecule has 0 unspecified atom stereocenters. The summed E-state index contributed by atoms with van der Waals surface area (Å²) in [5.74, 6) is -0.871. The smallest absolute Gasteiger partial charge is 0.340 e. The van der Waals surface area contributed by atoms with E-state index in [1.54, 1.807) is 26.1 Å². The predicted molar refractivity (Wildman–Crippen MR) is 101 cm³/mol. The van der Waals surface area contributed by atoms with Crippen LogP contribution in [-0.2, 0) is 16.1 Å². The van der Waals surface area contributed by atoms with Crippen molar-refractivity contribution in [3.8, 4) is 0 Å². The maximum atomic E-state index is 12.4.